The van der Waals surface area contributed by atoms with E-state index in [0.29, 0.717) is 45.4 Å². The average molecular weight is 613 g/mol. The van der Waals surface area contributed by atoms with Gasteiger partial charge in [-0.2, -0.15) is 0 Å². The quantitative estimate of drug-likeness (QED) is 0.106. The lowest BCUT2D eigenvalue weighted by molar-refractivity contribution is -0.113. The lowest BCUT2D eigenvalue weighted by Crippen LogP contribution is -2.30. The number of hydrogen-bond donors (Lipinski definition) is 2. The maximum absolute atomic E-state index is 13.6. The molecule has 0 aliphatic rings. The fraction of sp³-hybridized carbons (Fsp3) is 0.147. The van der Waals surface area contributed by atoms with Crippen molar-refractivity contribution in [1.82, 2.24) is 5.32 Å². The number of methoxy groups -OCH3 is 4. The molecule has 0 aliphatic heterocycles. The van der Waals surface area contributed by atoms with E-state index in [1.54, 1.807) is 92.0 Å². The SMILES string of the molecule is COc1cccc(C(=O)CSc2cccc(NC(=O)/C(=C/c3cc(OC)c(OC)c(OC)c3)NC(=O)c3ccccc3)c2)c1. The van der Waals surface area contributed by atoms with Gasteiger partial charge in [0.1, 0.15) is 11.4 Å². The minimum atomic E-state index is -0.558. The number of ether oxygens (including phenoxy) is 4. The predicted octanol–water partition coefficient (Wildman–Crippen LogP) is 6.11. The summed E-state index contributed by atoms with van der Waals surface area (Å²) in [7, 11) is 6.03. The van der Waals surface area contributed by atoms with Crippen molar-refractivity contribution in [2.75, 3.05) is 39.5 Å². The van der Waals surface area contributed by atoms with Crippen molar-refractivity contribution in [2.45, 2.75) is 4.90 Å². The van der Waals surface area contributed by atoms with Crippen LogP contribution in [0.2, 0.25) is 0 Å². The van der Waals surface area contributed by atoms with Crippen molar-refractivity contribution < 1.29 is 33.3 Å². The van der Waals surface area contributed by atoms with Gasteiger partial charge in [0.25, 0.3) is 11.8 Å². The molecule has 10 heteroatoms. The van der Waals surface area contributed by atoms with E-state index < -0.39 is 11.8 Å². The Morgan fingerprint density at radius 3 is 2.07 bits per heavy atom. The molecule has 2 N–H and O–H groups in total. The number of benzene rings is 4. The molecule has 9 nitrogen and oxygen atoms in total. The number of hydrogen-bond acceptors (Lipinski definition) is 8. The van der Waals surface area contributed by atoms with Gasteiger partial charge in [-0.25, -0.2) is 0 Å². The minimum Gasteiger partial charge on any atom is -0.497 e. The van der Waals surface area contributed by atoms with Crippen LogP contribution < -0.4 is 29.6 Å². The number of anilines is 1. The van der Waals surface area contributed by atoms with Crippen LogP contribution in [-0.4, -0.2) is 51.8 Å². The number of ketones is 1. The molecule has 226 valence electrons. The number of Topliss-reactive ketones (excluding diaryl/α,β-unsaturated/α-hetero) is 1. The molecule has 0 unspecified atom stereocenters. The first-order valence-electron chi connectivity index (χ1n) is 13.4. The van der Waals surface area contributed by atoms with E-state index in [4.69, 9.17) is 18.9 Å². The zero-order valence-corrected chi connectivity index (χ0v) is 25.5. The van der Waals surface area contributed by atoms with Gasteiger partial charge >= 0.3 is 0 Å². The molecular formula is C34H32N2O7S. The Morgan fingerprint density at radius 1 is 0.727 bits per heavy atom. The first kappa shape index (κ1) is 31.7. The summed E-state index contributed by atoms with van der Waals surface area (Å²) in [5.74, 6) is 0.913. The predicted molar refractivity (Wildman–Crippen MR) is 171 cm³/mol. The van der Waals surface area contributed by atoms with Gasteiger partial charge in [-0.05, 0) is 66.2 Å². The summed E-state index contributed by atoms with van der Waals surface area (Å²) in [5, 5.41) is 5.57. The van der Waals surface area contributed by atoms with Gasteiger partial charge in [-0.15, -0.1) is 11.8 Å². The summed E-state index contributed by atoms with van der Waals surface area (Å²) in [4.78, 5) is 40.2. The van der Waals surface area contributed by atoms with Crippen molar-refractivity contribution in [1.29, 1.82) is 0 Å². The number of rotatable bonds is 13. The molecule has 4 rings (SSSR count). The summed E-state index contributed by atoms with van der Waals surface area (Å²) in [6.07, 6.45) is 1.52. The van der Waals surface area contributed by atoms with Gasteiger partial charge in [0.15, 0.2) is 17.3 Å². The molecule has 0 radical (unpaired) electrons. The van der Waals surface area contributed by atoms with E-state index >= 15 is 0 Å². The van der Waals surface area contributed by atoms with Gasteiger partial charge in [-0.3, -0.25) is 14.4 Å². The van der Waals surface area contributed by atoms with Crippen LogP contribution in [0.4, 0.5) is 5.69 Å². The Morgan fingerprint density at radius 2 is 1.41 bits per heavy atom. The Labute approximate surface area is 260 Å². The van der Waals surface area contributed by atoms with Crippen molar-refractivity contribution in [3.8, 4) is 23.0 Å². The zero-order valence-electron chi connectivity index (χ0n) is 24.7. The van der Waals surface area contributed by atoms with Gasteiger partial charge in [0.05, 0.1) is 34.2 Å². The molecule has 0 fully saturated rings. The van der Waals surface area contributed by atoms with Crippen LogP contribution in [0.3, 0.4) is 0 Å². The normalized spacial score (nSPS) is 10.9. The fourth-order valence-corrected chi connectivity index (χ4v) is 5.03. The minimum absolute atomic E-state index is 0.0145. The van der Waals surface area contributed by atoms with Crippen molar-refractivity contribution >= 4 is 41.1 Å². The topological polar surface area (TPSA) is 112 Å². The van der Waals surface area contributed by atoms with Gasteiger partial charge in [0.2, 0.25) is 5.75 Å². The molecule has 4 aromatic rings. The Kier molecular flexibility index (Phi) is 11.0. The van der Waals surface area contributed by atoms with E-state index in [2.05, 4.69) is 10.6 Å². The molecule has 0 atom stereocenters. The lowest BCUT2D eigenvalue weighted by atomic mass is 10.1. The van der Waals surface area contributed by atoms with Crippen LogP contribution in [0.5, 0.6) is 23.0 Å². The van der Waals surface area contributed by atoms with Crippen molar-refractivity contribution in [3.05, 3.63) is 113 Å². The molecule has 0 spiro atoms. The van der Waals surface area contributed by atoms with Crippen molar-refractivity contribution in [3.63, 3.8) is 0 Å². The number of carbonyl (C=O) groups excluding carboxylic acids is 3. The highest BCUT2D eigenvalue weighted by molar-refractivity contribution is 8.00. The molecule has 2 amide bonds. The largest absolute Gasteiger partial charge is 0.497 e. The second-order valence-corrected chi connectivity index (χ2v) is 10.3. The van der Waals surface area contributed by atoms with Crippen LogP contribution in [-0.2, 0) is 4.79 Å². The molecular weight excluding hydrogens is 580 g/mol. The Hall–Kier alpha value is -5.22. The lowest BCUT2D eigenvalue weighted by Gasteiger charge is -2.15. The summed E-state index contributed by atoms with van der Waals surface area (Å²) in [6.45, 7) is 0. The molecule has 4 aromatic carbocycles. The zero-order chi connectivity index (χ0) is 31.5. The summed E-state index contributed by atoms with van der Waals surface area (Å²) in [5.41, 5.74) is 1.93. The number of carbonyl (C=O) groups is 3. The van der Waals surface area contributed by atoms with Crippen LogP contribution in [0.25, 0.3) is 6.08 Å². The third-order valence-corrected chi connectivity index (χ3v) is 7.37. The highest BCUT2D eigenvalue weighted by Gasteiger charge is 2.18. The average Bonchev–Trinajstić information content (AvgIpc) is 3.06. The van der Waals surface area contributed by atoms with Crippen LogP contribution >= 0.6 is 11.8 Å². The highest BCUT2D eigenvalue weighted by atomic mass is 32.2. The van der Waals surface area contributed by atoms with Crippen molar-refractivity contribution in [2.24, 2.45) is 0 Å². The standard InChI is InChI=1S/C34H32N2O7S/c1-40-26-14-8-12-24(19-26)29(37)21-44-27-15-9-13-25(20-27)35-34(39)28(36-33(38)23-10-6-5-7-11-23)16-22-17-30(41-2)32(43-4)31(18-22)42-3/h5-20H,21H2,1-4H3,(H,35,39)(H,36,38)/b28-16-. The molecule has 44 heavy (non-hydrogen) atoms. The van der Waals surface area contributed by atoms with E-state index in [0.717, 1.165) is 4.90 Å². The molecule has 0 aromatic heterocycles. The van der Waals surface area contributed by atoms with Crippen LogP contribution in [0, 0.1) is 0 Å². The first-order valence-corrected chi connectivity index (χ1v) is 14.4. The van der Waals surface area contributed by atoms with E-state index in [1.165, 1.54) is 39.2 Å². The Bertz CT molecular complexity index is 1650. The fourth-order valence-electron chi connectivity index (χ4n) is 4.18. The highest BCUT2D eigenvalue weighted by Crippen LogP contribution is 2.38. The third kappa shape index (κ3) is 8.20. The van der Waals surface area contributed by atoms with E-state index in [-0.39, 0.29) is 17.2 Å². The molecule has 0 saturated heterocycles. The number of amides is 2. The van der Waals surface area contributed by atoms with Gasteiger partial charge in [0, 0.05) is 21.7 Å². The second-order valence-electron chi connectivity index (χ2n) is 9.26. The van der Waals surface area contributed by atoms with Crippen LogP contribution in [0.15, 0.2) is 102 Å². The van der Waals surface area contributed by atoms with E-state index in [9.17, 15) is 14.4 Å². The molecule has 0 heterocycles. The first-order chi connectivity index (χ1) is 21.3. The van der Waals surface area contributed by atoms with Gasteiger partial charge in [-0.1, -0.05) is 36.4 Å². The van der Waals surface area contributed by atoms with E-state index in [1.807, 2.05) is 6.07 Å². The van der Waals surface area contributed by atoms with Gasteiger partial charge < -0.3 is 29.6 Å². The molecule has 0 bridgehead atoms. The maximum atomic E-state index is 13.6. The third-order valence-electron chi connectivity index (χ3n) is 6.38. The molecule has 0 saturated carbocycles. The second kappa shape index (κ2) is 15.3. The van der Waals surface area contributed by atoms with Crippen LogP contribution in [0.1, 0.15) is 26.3 Å². The monoisotopic (exact) mass is 612 g/mol. The summed E-state index contributed by atoms with van der Waals surface area (Å²) < 4.78 is 21.5. The number of nitrogens with one attached hydrogen (secondary N) is 2. The molecule has 0 aliphatic carbocycles. The smallest absolute Gasteiger partial charge is 0.272 e. The summed E-state index contributed by atoms with van der Waals surface area (Å²) >= 11 is 1.34. The number of thioether (sulfide) groups is 1. The summed E-state index contributed by atoms with van der Waals surface area (Å²) in [6, 6.07) is 26.0. The maximum Gasteiger partial charge on any atom is 0.272 e. The Balaban J connectivity index is 1.57.